The first kappa shape index (κ1) is 69.4. The number of rotatable bonds is 44. The van der Waals surface area contributed by atoms with E-state index < -0.39 is 0 Å². The molecule has 0 aliphatic carbocycles. The summed E-state index contributed by atoms with van der Waals surface area (Å²) in [5, 5.41) is 8.03. The molecule has 436 valence electrons. The van der Waals surface area contributed by atoms with Gasteiger partial charge in [-0.1, -0.05) is 196 Å². The van der Waals surface area contributed by atoms with Crippen LogP contribution in [0.1, 0.15) is 247 Å². The van der Waals surface area contributed by atoms with Crippen molar-refractivity contribution in [2.24, 2.45) is 64.7 Å². The highest BCUT2D eigenvalue weighted by atomic mass is 15.2. The highest BCUT2D eigenvalue weighted by Gasteiger charge is 2.07. The van der Waals surface area contributed by atoms with Gasteiger partial charge >= 0.3 is 0 Å². The van der Waals surface area contributed by atoms with Crippen LogP contribution in [0, 0.1) is 11.8 Å². The number of nitrogens with one attached hydrogen (secondary N) is 2. The molecular formula is C62H118N14. The van der Waals surface area contributed by atoms with Crippen LogP contribution in [0.4, 0.5) is 0 Å². The van der Waals surface area contributed by atoms with Crippen molar-refractivity contribution in [3.63, 3.8) is 0 Å². The van der Waals surface area contributed by atoms with Crippen LogP contribution in [0.5, 0.6) is 0 Å². The van der Waals surface area contributed by atoms with Gasteiger partial charge in [-0.3, -0.25) is 40.6 Å². The van der Waals surface area contributed by atoms with E-state index in [2.05, 4.69) is 130 Å². The highest BCUT2D eigenvalue weighted by Crippen LogP contribution is 2.14. The molecule has 2 aromatic heterocycles. The summed E-state index contributed by atoms with van der Waals surface area (Å²) in [4.78, 5) is 27.0. The zero-order valence-electron chi connectivity index (χ0n) is 49.9. The molecule has 0 saturated heterocycles. The molecule has 0 bridgehead atoms. The fraction of sp³-hybridized carbons (Fsp3) is 0.774. The lowest BCUT2D eigenvalue weighted by Gasteiger charge is -2.12. The second-order valence-corrected chi connectivity index (χ2v) is 21.2. The fourth-order valence-corrected chi connectivity index (χ4v) is 8.94. The normalized spacial score (nSPS) is 13.0. The maximum absolute atomic E-state index is 5.93. The molecule has 0 amide bonds. The molecule has 2 unspecified atom stereocenters. The average Bonchev–Trinajstić information content (AvgIpc) is 3.42. The number of aliphatic imine (C=N–C) groups is 4. The van der Waals surface area contributed by atoms with Crippen LogP contribution >= 0.6 is 0 Å². The van der Waals surface area contributed by atoms with Crippen LogP contribution in [-0.2, 0) is 13.1 Å². The van der Waals surface area contributed by atoms with Crippen LogP contribution in [0.15, 0.2) is 79.0 Å². The Bertz CT molecular complexity index is 1720. The van der Waals surface area contributed by atoms with Gasteiger partial charge in [-0.05, 0) is 87.5 Å². The monoisotopic (exact) mass is 1060 g/mol. The molecule has 2 rings (SSSR count). The molecular weight excluding hydrogens is 941 g/mol. The SMILES string of the molecule is CCCCC(CC)CN=C(N)NC(N)=NCCCCCCN=C(N)NC(N)=NCC(CC)CCCC.CCCCCCCCN=c1ccn(CCCCCCCCCCn2ccc(=NCCCCCCCC)cc2)cc1. The van der Waals surface area contributed by atoms with Gasteiger partial charge < -0.3 is 32.1 Å². The van der Waals surface area contributed by atoms with Crippen molar-refractivity contribution in [3.05, 3.63) is 59.8 Å². The van der Waals surface area contributed by atoms with Crippen molar-refractivity contribution >= 4 is 23.8 Å². The summed E-state index contributed by atoms with van der Waals surface area (Å²) in [6.07, 6.45) is 48.9. The molecule has 2 atom stereocenters. The first-order valence-corrected chi connectivity index (χ1v) is 31.2. The number of nitrogens with two attached hydrogens (primary N) is 4. The maximum Gasteiger partial charge on any atom is 0.195 e. The number of aromatic nitrogens is 2. The Morgan fingerprint density at radius 3 is 0.987 bits per heavy atom. The summed E-state index contributed by atoms with van der Waals surface area (Å²) in [7, 11) is 0. The third kappa shape index (κ3) is 42.5. The minimum atomic E-state index is 0.316. The summed E-state index contributed by atoms with van der Waals surface area (Å²) < 4.78 is 4.63. The Hall–Kier alpha value is -4.62. The summed E-state index contributed by atoms with van der Waals surface area (Å²) in [5.41, 5.74) is 23.7. The van der Waals surface area contributed by atoms with Crippen LogP contribution in [-0.4, -0.2) is 72.2 Å². The van der Waals surface area contributed by atoms with Crippen molar-refractivity contribution in [2.75, 3.05) is 39.3 Å². The Balaban J connectivity index is 0.000000765. The zero-order valence-corrected chi connectivity index (χ0v) is 49.9. The van der Waals surface area contributed by atoms with Gasteiger partial charge in [0.25, 0.3) is 0 Å². The first-order chi connectivity index (χ1) is 37.2. The smallest absolute Gasteiger partial charge is 0.195 e. The molecule has 0 aliphatic heterocycles. The molecule has 76 heavy (non-hydrogen) atoms. The van der Waals surface area contributed by atoms with E-state index >= 15 is 0 Å². The Morgan fingerprint density at radius 2 is 0.658 bits per heavy atom. The van der Waals surface area contributed by atoms with Gasteiger partial charge in [-0.25, -0.2) is 0 Å². The Kier molecular flexibility index (Phi) is 46.7. The van der Waals surface area contributed by atoms with E-state index in [-0.39, 0.29) is 0 Å². The zero-order chi connectivity index (χ0) is 55.4. The summed E-state index contributed by atoms with van der Waals surface area (Å²) in [6, 6.07) is 8.71. The van der Waals surface area contributed by atoms with E-state index in [0.29, 0.717) is 48.8 Å². The van der Waals surface area contributed by atoms with Gasteiger partial charge in [0.1, 0.15) is 0 Å². The van der Waals surface area contributed by atoms with Crippen molar-refractivity contribution in [2.45, 2.75) is 260 Å². The third-order valence-electron chi connectivity index (χ3n) is 14.2. The number of unbranched alkanes of at least 4 members (excludes halogenated alkanes) is 22. The summed E-state index contributed by atoms with van der Waals surface area (Å²) in [5.74, 6) is 2.44. The van der Waals surface area contributed by atoms with E-state index in [0.717, 1.165) is 88.5 Å². The fourth-order valence-electron chi connectivity index (χ4n) is 8.94. The molecule has 0 fully saturated rings. The summed E-state index contributed by atoms with van der Waals surface area (Å²) in [6.45, 7) is 20.3. The van der Waals surface area contributed by atoms with Gasteiger partial charge in [0, 0.05) is 77.1 Å². The van der Waals surface area contributed by atoms with Crippen LogP contribution in [0.25, 0.3) is 0 Å². The number of pyridine rings is 2. The van der Waals surface area contributed by atoms with Crippen LogP contribution in [0.3, 0.4) is 0 Å². The number of aryl methyl sites for hydroxylation is 2. The van der Waals surface area contributed by atoms with Crippen LogP contribution in [0.2, 0.25) is 0 Å². The van der Waals surface area contributed by atoms with Gasteiger partial charge in [-0.2, -0.15) is 0 Å². The van der Waals surface area contributed by atoms with Gasteiger partial charge in [0.15, 0.2) is 23.8 Å². The number of nitrogens with zero attached hydrogens (tertiary/aromatic N) is 8. The molecule has 2 heterocycles. The topological polar surface area (TPSA) is 212 Å². The quantitative estimate of drug-likeness (QED) is 0.0216. The Morgan fingerprint density at radius 1 is 0.368 bits per heavy atom. The van der Waals surface area contributed by atoms with Gasteiger partial charge in [-0.15, -0.1) is 0 Å². The third-order valence-corrected chi connectivity index (χ3v) is 14.2. The van der Waals surface area contributed by atoms with Crippen molar-refractivity contribution in [1.82, 2.24) is 19.8 Å². The van der Waals surface area contributed by atoms with Crippen LogP contribution < -0.4 is 44.3 Å². The van der Waals surface area contributed by atoms with Gasteiger partial charge in [0.05, 0.1) is 10.7 Å². The van der Waals surface area contributed by atoms with E-state index in [1.54, 1.807) is 0 Å². The predicted molar refractivity (Wildman–Crippen MR) is 331 cm³/mol. The summed E-state index contributed by atoms with van der Waals surface area (Å²) >= 11 is 0. The Labute approximate surface area is 465 Å². The maximum atomic E-state index is 5.93. The number of guanidine groups is 4. The van der Waals surface area contributed by atoms with Crippen molar-refractivity contribution in [1.29, 1.82) is 0 Å². The lowest BCUT2D eigenvalue weighted by Crippen LogP contribution is -2.42. The molecule has 14 heteroatoms. The van der Waals surface area contributed by atoms with E-state index in [1.165, 1.54) is 167 Å². The molecule has 10 N–H and O–H groups in total. The largest absolute Gasteiger partial charge is 0.370 e. The van der Waals surface area contributed by atoms with Crippen molar-refractivity contribution < 1.29 is 0 Å². The second kappa shape index (κ2) is 51.2. The van der Waals surface area contributed by atoms with E-state index in [9.17, 15) is 0 Å². The van der Waals surface area contributed by atoms with Crippen molar-refractivity contribution in [3.8, 4) is 0 Å². The molecule has 14 nitrogen and oxygen atoms in total. The molecule has 2 aromatic rings. The van der Waals surface area contributed by atoms with E-state index in [1.807, 2.05) is 0 Å². The molecule has 0 spiro atoms. The van der Waals surface area contributed by atoms with E-state index in [4.69, 9.17) is 32.9 Å². The molecule has 0 aliphatic rings. The first-order valence-electron chi connectivity index (χ1n) is 31.2. The molecule has 0 radical (unpaired) electrons. The molecule has 0 aromatic carbocycles. The average molecular weight is 1060 g/mol. The number of hydrogen-bond donors (Lipinski definition) is 6. The predicted octanol–water partition coefficient (Wildman–Crippen LogP) is 13.1. The molecule has 0 saturated carbocycles. The lowest BCUT2D eigenvalue weighted by atomic mass is 10.00. The minimum absolute atomic E-state index is 0.316. The van der Waals surface area contributed by atoms with Gasteiger partial charge in [0.2, 0.25) is 0 Å². The minimum Gasteiger partial charge on any atom is -0.370 e. The second-order valence-electron chi connectivity index (χ2n) is 21.2. The standard InChI is InChI=1S/C36H62N4.C26H56N10/c1-3-5-7-9-15-19-27-37-35-23-31-39(32-24-35)29-21-17-13-11-12-14-18-22-30-40-33-25-36(26-34-40)38-28-20-16-10-8-6-4-2;1-5-9-15-21(7-3)19-33-25(29)35-23(27)31-17-13-11-12-14-18-32-24(28)36-26(30)34-20-22(8-4)16-10-6-2/h23-26,31-34H,3-22,27-30H2,1-2H3;21-22H,5-20H2,1-4H3,(H5,27,29,31,33,35)(H5,28,30,32,34,36). The lowest BCUT2D eigenvalue weighted by molar-refractivity contribution is 0.462. The highest BCUT2D eigenvalue weighted by molar-refractivity contribution is 5.97. The number of hydrogen-bond acceptors (Lipinski definition) is 6.